The molecule has 0 bridgehead atoms. The molecule has 0 N–H and O–H groups in total. The van der Waals surface area contributed by atoms with Crippen LogP contribution in [-0.4, -0.2) is 11.2 Å². The molecular formula is C12H15ClO. The third-order valence-corrected chi connectivity index (χ3v) is 2.60. The molecule has 0 heterocycles. The first-order valence-electron chi connectivity index (χ1n) is 4.70. The van der Waals surface area contributed by atoms with E-state index in [1.807, 2.05) is 13.8 Å². The Morgan fingerprint density at radius 2 is 1.79 bits per heavy atom. The van der Waals surface area contributed by atoms with Crippen molar-refractivity contribution in [3.05, 3.63) is 34.9 Å². The second-order valence-corrected chi connectivity index (χ2v) is 4.31. The fourth-order valence-electron chi connectivity index (χ4n) is 1.54. The van der Waals surface area contributed by atoms with Gasteiger partial charge in [-0.1, -0.05) is 29.3 Å². The van der Waals surface area contributed by atoms with Crippen LogP contribution in [0.2, 0.25) is 0 Å². The Morgan fingerprint density at radius 1 is 1.29 bits per heavy atom. The number of benzene rings is 1. The highest BCUT2D eigenvalue weighted by molar-refractivity contribution is 6.30. The zero-order valence-corrected chi connectivity index (χ0v) is 9.56. The van der Waals surface area contributed by atoms with E-state index in [4.69, 9.17) is 11.6 Å². The Balaban J connectivity index is 2.81. The second-order valence-electron chi connectivity index (χ2n) is 3.78. The van der Waals surface area contributed by atoms with Crippen LogP contribution in [0, 0.1) is 13.8 Å². The number of rotatable bonds is 3. The molecule has 0 saturated carbocycles. The Kier molecular flexibility index (Phi) is 3.70. The molecule has 0 saturated heterocycles. The summed E-state index contributed by atoms with van der Waals surface area (Å²) in [6, 6.07) is 6.26. The van der Waals surface area contributed by atoms with Gasteiger partial charge in [0.15, 0.2) is 0 Å². The van der Waals surface area contributed by atoms with Crippen LogP contribution in [0.4, 0.5) is 0 Å². The van der Waals surface area contributed by atoms with Gasteiger partial charge in [-0.2, -0.15) is 0 Å². The summed E-state index contributed by atoms with van der Waals surface area (Å²) >= 11 is 5.91. The van der Waals surface area contributed by atoms with Crippen molar-refractivity contribution in [2.75, 3.05) is 0 Å². The lowest BCUT2D eigenvalue weighted by Gasteiger charge is -2.07. The van der Waals surface area contributed by atoms with Gasteiger partial charge in [0.05, 0.1) is 5.38 Å². The first kappa shape index (κ1) is 11.3. The van der Waals surface area contributed by atoms with Crippen LogP contribution < -0.4 is 0 Å². The Hall–Kier alpha value is -0.820. The molecule has 14 heavy (non-hydrogen) atoms. The molecule has 0 amide bonds. The van der Waals surface area contributed by atoms with Gasteiger partial charge in [0, 0.05) is 0 Å². The van der Waals surface area contributed by atoms with Crippen LogP contribution in [0.15, 0.2) is 18.2 Å². The number of hydrogen-bond acceptors (Lipinski definition) is 1. The quantitative estimate of drug-likeness (QED) is 0.701. The Morgan fingerprint density at radius 3 is 2.21 bits per heavy atom. The van der Waals surface area contributed by atoms with Crippen molar-refractivity contribution in [1.29, 1.82) is 0 Å². The molecule has 1 atom stereocenters. The topological polar surface area (TPSA) is 17.1 Å². The van der Waals surface area contributed by atoms with Crippen molar-refractivity contribution in [3.63, 3.8) is 0 Å². The van der Waals surface area contributed by atoms with E-state index >= 15 is 0 Å². The van der Waals surface area contributed by atoms with E-state index in [9.17, 15) is 4.79 Å². The third kappa shape index (κ3) is 3.15. The van der Waals surface area contributed by atoms with Crippen LogP contribution in [-0.2, 0) is 11.2 Å². The van der Waals surface area contributed by atoms with Gasteiger partial charge in [0.25, 0.3) is 0 Å². The fourth-order valence-corrected chi connectivity index (χ4v) is 1.72. The van der Waals surface area contributed by atoms with E-state index in [0.717, 1.165) is 5.56 Å². The number of halogens is 1. The summed E-state index contributed by atoms with van der Waals surface area (Å²) in [5, 5.41) is -0.392. The van der Waals surface area contributed by atoms with Gasteiger partial charge in [0.1, 0.15) is 5.78 Å². The number of ketones is 1. The molecule has 0 aromatic heterocycles. The molecule has 1 aromatic carbocycles. The number of carbonyl (C=O) groups excluding carboxylic acids is 1. The highest BCUT2D eigenvalue weighted by atomic mass is 35.5. The van der Waals surface area contributed by atoms with Gasteiger partial charge in [0.2, 0.25) is 0 Å². The van der Waals surface area contributed by atoms with E-state index in [1.165, 1.54) is 18.1 Å². The maximum atomic E-state index is 11.0. The highest BCUT2D eigenvalue weighted by Crippen LogP contribution is 2.13. The van der Waals surface area contributed by atoms with Gasteiger partial charge in [-0.3, -0.25) is 4.79 Å². The van der Waals surface area contributed by atoms with Crippen molar-refractivity contribution >= 4 is 17.4 Å². The van der Waals surface area contributed by atoms with Gasteiger partial charge in [-0.15, -0.1) is 11.6 Å². The van der Waals surface area contributed by atoms with Gasteiger partial charge >= 0.3 is 0 Å². The van der Waals surface area contributed by atoms with Crippen molar-refractivity contribution < 1.29 is 4.79 Å². The maximum absolute atomic E-state index is 11.0. The number of aryl methyl sites for hydroxylation is 2. The molecule has 1 nitrogen and oxygen atoms in total. The summed E-state index contributed by atoms with van der Waals surface area (Å²) in [6.07, 6.45) is 0.624. The number of Topliss-reactive ketones (excluding diaryl/α,β-unsaturated/α-hetero) is 1. The zero-order valence-electron chi connectivity index (χ0n) is 8.80. The minimum atomic E-state index is -0.392. The van der Waals surface area contributed by atoms with Crippen LogP contribution in [0.5, 0.6) is 0 Å². The van der Waals surface area contributed by atoms with Crippen LogP contribution >= 0.6 is 11.6 Å². The van der Waals surface area contributed by atoms with E-state index in [2.05, 4.69) is 18.2 Å². The van der Waals surface area contributed by atoms with E-state index < -0.39 is 5.38 Å². The molecule has 0 fully saturated rings. The predicted molar refractivity (Wildman–Crippen MR) is 59.9 cm³/mol. The van der Waals surface area contributed by atoms with Crippen LogP contribution in [0.3, 0.4) is 0 Å². The van der Waals surface area contributed by atoms with Crippen molar-refractivity contribution in [3.8, 4) is 0 Å². The number of hydrogen-bond donors (Lipinski definition) is 0. The van der Waals surface area contributed by atoms with Crippen LogP contribution in [0.25, 0.3) is 0 Å². The van der Waals surface area contributed by atoms with E-state index in [-0.39, 0.29) is 5.78 Å². The molecular weight excluding hydrogens is 196 g/mol. The average Bonchev–Trinajstić information content (AvgIpc) is 2.01. The van der Waals surface area contributed by atoms with Crippen molar-refractivity contribution in [1.82, 2.24) is 0 Å². The summed E-state index contributed by atoms with van der Waals surface area (Å²) in [5.74, 6) is 0.0332. The standard InChI is InChI=1S/C12H15ClO/c1-8-4-9(2)6-11(5-8)7-12(13)10(3)14/h4-6,12H,7H2,1-3H3. The predicted octanol–water partition coefficient (Wildman–Crippen LogP) is 3.04. The molecule has 1 unspecified atom stereocenters. The Labute approximate surface area is 90.1 Å². The molecule has 2 heteroatoms. The van der Waals surface area contributed by atoms with Gasteiger partial charge in [-0.05, 0) is 32.8 Å². The molecule has 0 aliphatic carbocycles. The van der Waals surface area contributed by atoms with Crippen molar-refractivity contribution in [2.24, 2.45) is 0 Å². The lowest BCUT2D eigenvalue weighted by molar-refractivity contribution is -0.116. The molecule has 1 aromatic rings. The molecule has 0 spiro atoms. The molecule has 76 valence electrons. The summed E-state index contributed by atoms with van der Waals surface area (Å²) in [4.78, 5) is 11.0. The lowest BCUT2D eigenvalue weighted by Crippen LogP contribution is -2.13. The average molecular weight is 211 g/mol. The number of alkyl halides is 1. The third-order valence-electron chi connectivity index (χ3n) is 2.14. The van der Waals surface area contributed by atoms with E-state index in [0.29, 0.717) is 6.42 Å². The smallest absolute Gasteiger partial charge is 0.147 e. The zero-order chi connectivity index (χ0) is 10.7. The highest BCUT2D eigenvalue weighted by Gasteiger charge is 2.10. The fraction of sp³-hybridized carbons (Fsp3) is 0.417. The molecule has 0 aliphatic rings. The van der Waals surface area contributed by atoms with Crippen LogP contribution in [0.1, 0.15) is 23.6 Å². The van der Waals surface area contributed by atoms with E-state index in [1.54, 1.807) is 0 Å². The number of carbonyl (C=O) groups is 1. The first-order valence-corrected chi connectivity index (χ1v) is 5.14. The second kappa shape index (κ2) is 4.61. The van der Waals surface area contributed by atoms with Gasteiger partial charge in [-0.25, -0.2) is 0 Å². The monoisotopic (exact) mass is 210 g/mol. The molecule has 1 rings (SSSR count). The SMILES string of the molecule is CC(=O)C(Cl)Cc1cc(C)cc(C)c1. The largest absolute Gasteiger partial charge is 0.298 e. The minimum Gasteiger partial charge on any atom is -0.298 e. The summed E-state index contributed by atoms with van der Waals surface area (Å²) < 4.78 is 0. The Bertz CT molecular complexity index is 324. The normalized spacial score (nSPS) is 12.6. The molecule has 0 radical (unpaired) electrons. The lowest BCUT2D eigenvalue weighted by atomic mass is 10.0. The first-order chi connectivity index (χ1) is 6.49. The summed E-state index contributed by atoms with van der Waals surface area (Å²) in [5.41, 5.74) is 3.57. The molecule has 0 aliphatic heterocycles. The summed E-state index contributed by atoms with van der Waals surface area (Å²) in [7, 11) is 0. The minimum absolute atomic E-state index is 0.0332. The van der Waals surface area contributed by atoms with Gasteiger partial charge < -0.3 is 0 Å². The summed E-state index contributed by atoms with van der Waals surface area (Å²) in [6.45, 7) is 5.63. The maximum Gasteiger partial charge on any atom is 0.147 e. The van der Waals surface area contributed by atoms with Crippen molar-refractivity contribution in [2.45, 2.75) is 32.6 Å².